The van der Waals surface area contributed by atoms with E-state index < -0.39 is 0 Å². The number of thiophene rings is 1. The maximum Gasteiger partial charge on any atom is 0.0976 e. The Morgan fingerprint density at radius 3 is 3.09 bits per heavy atom. The van der Waals surface area contributed by atoms with Crippen molar-refractivity contribution in [3.05, 3.63) is 21.3 Å². The summed E-state index contributed by atoms with van der Waals surface area (Å²) < 4.78 is 0.949. The Labute approximate surface area is 75.4 Å². The zero-order valence-corrected chi connectivity index (χ0v) is 7.71. The molecule has 3 heteroatoms. The summed E-state index contributed by atoms with van der Waals surface area (Å²) in [7, 11) is 0. The van der Waals surface area contributed by atoms with Crippen LogP contribution in [0.2, 0.25) is 4.34 Å². The van der Waals surface area contributed by atoms with Crippen molar-refractivity contribution in [3.63, 3.8) is 0 Å². The maximum absolute atomic E-state index is 6.00. The first kappa shape index (κ1) is 7.59. The third-order valence-corrected chi connectivity index (χ3v) is 3.28. The summed E-state index contributed by atoms with van der Waals surface area (Å²) in [6, 6.07) is 2.64. The molecule has 2 heterocycles. The molecule has 1 N–H and O–H groups in total. The van der Waals surface area contributed by atoms with Gasteiger partial charge in [0.25, 0.3) is 0 Å². The van der Waals surface area contributed by atoms with Crippen molar-refractivity contribution in [2.75, 3.05) is 6.54 Å². The van der Waals surface area contributed by atoms with E-state index in [1.807, 2.05) is 0 Å². The molecular weight excluding hydrogens is 178 g/mol. The van der Waals surface area contributed by atoms with Crippen LogP contribution in [-0.2, 0) is 0 Å². The average molecular weight is 188 g/mol. The highest BCUT2D eigenvalue weighted by atomic mass is 35.5. The van der Waals surface area contributed by atoms with E-state index in [0.29, 0.717) is 6.04 Å². The second kappa shape index (κ2) is 3.13. The molecule has 0 amide bonds. The molecule has 1 aromatic rings. The van der Waals surface area contributed by atoms with E-state index in [1.165, 1.54) is 18.4 Å². The third kappa shape index (κ3) is 1.43. The Balaban J connectivity index is 2.21. The van der Waals surface area contributed by atoms with E-state index >= 15 is 0 Å². The summed E-state index contributed by atoms with van der Waals surface area (Å²) in [4.78, 5) is 0. The first-order chi connectivity index (χ1) is 5.38. The fraction of sp³-hybridized carbons (Fsp3) is 0.500. The highest BCUT2D eigenvalue weighted by Gasteiger charge is 2.18. The van der Waals surface area contributed by atoms with Crippen molar-refractivity contribution in [2.24, 2.45) is 0 Å². The van der Waals surface area contributed by atoms with Gasteiger partial charge in [-0.1, -0.05) is 11.6 Å². The number of rotatable bonds is 1. The predicted octanol–water partition coefficient (Wildman–Crippen LogP) is 2.83. The number of nitrogens with one attached hydrogen (secondary N) is 1. The molecule has 0 radical (unpaired) electrons. The van der Waals surface area contributed by atoms with Gasteiger partial charge in [0.2, 0.25) is 0 Å². The highest BCUT2D eigenvalue weighted by Crippen LogP contribution is 2.32. The van der Waals surface area contributed by atoms with E-state index in [4.69, 9.17) is 11.6 Å². The van der Waals surface area contributed by atoms with Crippen molar-refractivity contribution in [1.29, 1.82) is 0 Å². The summed E-state index contributed by atoms with van der Waals surface area (Å²) >= 11 is 7.62. The van der Waals surface area contributed by atoms with E-state index in [0.717, 1.165) is 10.9 Å². The Hall–Kier alpha value is -0.0500. The van der Waals surface area contributed by atoms with Gasteiger partial charge < -0.3 is 5.32 Å². The maximum atomic E-state index is 6.00. The third-order valence-electron chi connectivity index (χ3n) is 2.08. The molecule has 1 atom stereocenters. The smallest absolute Gasteiger partial charge is 0.0976 e. The van der Waals surface area contributed by atoms with E-state index in [1.54, 1.807) is 11.3 Å². The molecule has 1 aliphatic heterocycles. The first-order valence-electron chi connectivity index (χ1n) is 3.84. The monoisotopic (exact) mass is 187 g/mol. The second-order valence-corrected chi connectivity index (χ2v) is 4.32. The number of hydrogen-bond donors (Lipinski definition) is 1. The van der Waals surface area contributed by atoms with Crippen LogP contribution in [0.5, 0.6) is 0 Å². The Morgan fingerprint density at radius 2 is 2.55 bits per heavy atom. The molecular formula is C8H10ClNS. The van der Waals surface area contributed by atoms with Crippen LogP contribution in [0, 0.1) is 0 Å². The lowest BCUT2D eigenvalue weighted by Crippen LogP contribution is -2.12. The normalized spacial score (nSPS) is 24.3. The van der Waals surface area contributed by atoms with Crippen LogP contribution in [0.25, 0.3) is 0 Å². The molecule has 2 rings (SSSR count). The van der Waals surface area contributed by atoms with Crippen molar-refractivity contribution in [1.82, 2.24) is 5.32 Å². The molecule has 0 bridgehead atoms. The molecule has 0 aromatic carbocycles. The quantitative estimate of drug-likeness (QED) is 0.713. The number of hydrogen-bond acceptors (Lipinski definition) is 2. The molecule has 0 aliphatic carbocycles. The summed E-state index contributed by atoms with van der Waals surface area (Å²) in [6.45, 7) is 1.14. The minimum absolute atomic E-state index is 0.522. The molecule has 11 heavy (non-hydrogen) atoms. The van der Waals surface area contributed by atoms with Crippen molar-refractivity contribution < 1.29 is 0 Å². The van der Waals surface area contributed by atoms with Gasteiger partial charge in [-0.3, -0.25) is 0 Å². The average Bonchev–Trinajstić information content (AvgIpc) is 2.55. The van der Waals surface area contributed by atoms with Crippen LogP contribution in [0.15, 0.2) is 11.4 Å². The zero-order chi connectivity index (χ0) is 7.68. The van der Waals surface area contributed by atoms with Crippen LogP contribution in [-0.4, -0.2) is 6.54 Å². The minimum Gasteiger partial charge on any atom is -0.310 e. The molecule has 1 nitrogen and oxygen atoms in total. The van der Waals surface area contributed by atoms with Gasteiger partial charge in [0.05, 0.1) is 4.34 Å². The fourth-order valence-corrected chi connectivity index (χ4v) is 2.53. The zero-order valence-electron chi connectivity index (χ0n) is 6.14. The van der Waals surface area contributed by atoms with Crippen molar-refractivity contribution in [3.8, 4) is 0 Å². The fourth-order valence-electron chi connectivity index (χ4n) is 1.50. The van der Waals surface area contributed by atoms with Crippen LogP contribution in [0.4, 0.5) is 0 Å². The Morgan fingerprint density at radius 1 is 1.64 bits per heavy atom. The highest BCUT2D eigenvalue weighted by molar-refractivity contribution is 7.14. The predicted molar refractivity (Wildman–Crippen MR) is 49.3 cm³/mol. The lowest BCUT2D eigenvalue weighted by molar-refractivity contribution is 0.650. The molecule has 0 saturated carbocycles. The van der Waals surface area contributed by atoms with Gasteiger partial charge >= 0.3 is 0 Å². The van der Waals surface area contributed by atoms with Gasteiger partial charge in [-0.15, -0.1) is 11.3 Å². The standard InChI is InChI=1S/C8H10ClNS/c9-8-6(3-5-11-8)7-2-1-4-10-7/h3,5,7,10H,1-2,4H2/t7-/m1/s1. The summed E-state index contributed by atoms with van der Waals surface area (Å²) in [5.41, 5.74) is 1.29. The summed E-state index contributed by atoms with van der Waals surface area (Å²) in [5, 5.41) is 5.48. The van der Waals surface area contributed by atoms with Crippen LogP contribution >= 0.6 is 22.9 Å². The van der Waals surface area contributed by atoms with E-state index in [2.05, 4.69) is 16.8 Å². The van der Waals surface area contributed by atoms with Gasteiger partial charge in [0.15, 0.2) is 0 Å². The Kier molecular flexibility index (Phi) is 2.16. The van der Waals surface area contributed by atoms with Gasteiger partial charge in [0.1, 0.15) is 0 Å². The molecule has 60 valence electrons. The van der Waals surface area contributed by atoms with Crippen molar-refractivity contribution in [2.45, 2.75) is 18.9 Å². The minimum atomic E-state index is 0.522. The second-order valence-electron chi connectivity index (χ2n) is 2.80. The molecule has 1 aliphatic rings. The Bertz CT molecular complexity index is 240. The molecule has 1 saturated heterocycles. The number of halogens is 1. The lowest BCUT2D eigenvalue weighted by Gasteiger charge is -2.07. The summed E-state index contributed by atoms with van der Waals surface area (Å²) in [6.07, 6.45) is 2.51. The van der Waals surface area contributed by atoms with Gasteiger partial charge in [-0.05, 0) is 36.4 Å². The van der Waals surface area contributed by atoms with Crippen molar-refractivity contribution >= 4 is 22.9 Å². The topological polar surface area (TPSA) is 12.0 Å². The molecule has 1 aromatic heterocycles. The lowest BCUT2D eigenvalue weighted by atomic mass is 10.1. The van der Waals surface area contributed by atoms with Crippen LogP contribution < -0.4 is 5.32 Å². The first-order valence-corrected chi connectivity index (χ1v) is 5.10. The summed E-state index contributed by atoms with van der Waals surface area (Å²) in [5.74, 6) is 0. The molecule has 1 fully saturated rings. The SMILES string of the molecule is Clc1sccc1[C@H]1CCCN1. The van der Waals surface area contributed by atoms with Crippen LogP contribution in [0.1, 0.15) is 24.4 Å². The van der Waals surface area contributed by atoms with Gasteiger partial charge in [-0.25, -0.2) is 0 Å². The van der Waals surface area contributed by atoms with Gasteiger partial charge in [0, 0.05) is 6.04 Å². The van der Waals surface area contributed by atoms with E-state index in [-0.39, 0.29) is 0 Å². The molecule has 0 unspecified atom stereocenters. The largest absolute Gasteiger partial charge is 0.310 e. The van der Waals surface area contributed by atoms with Gasteiger partial charge in [-0.2, -0.15) is 0 Å². The van der Waals surface area contributed by atoms with E-state index in [9.17, 15) is 0 Å². The van der Waals surface area contributed by atoms with Crippen LogP contribution in [0.3, 0.4) is 0 Å². The molecule has 0 spiro atoms.